The number of nitrogens with one attached hydrogen (secondary N) is 5. The van der Waals surface area contributed by atoms with Crippen molar-refractivity contribution < 1.29 is 17.6 Å². The molecular formula is C97H100F4N22. The number of anilines is 4. The number of aryl methyl sites for hydroxylation is 2. The van der Waals surface area contributed by atoms with E-state index < -0.39 is 0 Å². The van der Waals surface area contributed by atoms with E-state index >= 15 is 0 Å². The summed E-state index contributed by atoms with van der Waals surface area (Å²) < 4.78 is 62.2. The van der Waals surface area contributed by atoms with Gasteiger partial charge in [-0.15, -0.1) is 0 Å². The number of hydrogen-bond acceptors (Lipinski definition) is 18. The SMILES string of the molecule is CC(C)NCc1ccn2c(-c3ccnc(NC(C)(C)C)n3)c(-c3ccc(F)cc3)nc2c1.CC(C)Nc1nccc(-c2c(-c3ccc(F)cc3)nc3cc(CN(C)C)ccn23)n1.Cc1ccn2c(-c3ccnc(NCC(C)(C)C)n3)c(-c3ccc(F)cc3)nc2c1.Cc1ccn2c(-c3ccnc(N[C@@H](C)c4ccccc4)n3)c(-c3ccc(F)cc3)nc2c1. The second-order valence-corrected chi connectivity index (χ2v) is 33.4. The van der Waals surface area contributed by atoms with Gasteiger partial charge >= 0.3 is 0 Å². The summed E-state index contributed by atoms with van der Waals surface area (Å²) >= 11 is 0. The highest BCUT2D eigenvalue weighted by Gasteiger charge is 2.25. The molecule has 0 spiro atoms. The van der Waals surface area contributed by atoms with Gasteiger partial charge in [0.05, 0.1) is 74.4 Å². The first-order chi connectivity index (χ1) is 59.0. The van der Waals surface area contributed by atoms with Crippen molar-refractivity contribution in [3.05, 3.63) is 301 Å². The zero-order valence-electron chi connectivity index (χ0n) is 71.6. The van der Waals surface area contributed by atoms with E-state index in [1.807, 2.05) is 151 Å². The topological polar surface area (TPSA) is 236 Å². The highest BCUT2D eigenvalue weighted by molar-refractivity contribution is 5.85. The summed E-state index contributed by atoms with van der Waals surface area (Å²) in [6.45, 7) is 29.5. The van der Waals surface area contributed by atoms with Crippen LogP contribution in [-0.4, -0.2) is 121 Å². The van der Waals surface area contributed by atoms with Crippen LogP contribution < -0.4 is 26.6 Å². The number of halogens is 4. The molecule has 5 aromatic carbocycles. The van der Waals surface area contributed by atoms with Crippen LogP contribution in [0.3, 0.4) is 0 Å². The summed E-state index contributed by atoms with van der Waals surface area (Å²) in [4.78, 5) is 58.1. The van der Waals surface area contributed by atoms with E-state index in [0.717, 1.165) is 155 Å². The minimum absolute atomic E-state index is 0.0489. The van der Waals surface area contributed by atoms with E-state index in [1.165, 1.54) is 54.1 Å². The van der Waals surface area contributed by atoms with Crippen LogP contribution in [0.4, 0.5) is 41.4 Å². The number of imidazole rings is 4. The highest BCUT2D eigenvalue weighted by Crippen LogP contribution is 2.38. The first kappa shape index (κ1) is 85.4. The largest absolute Gasteiger partial charge is 0.354 e. The summed E-state index contributed by atoms with van der Waals surface area (Å²) in [5, 5.41) is 16.7. The van der Waals surface area contributed by atoms with Crippen molar-refractivity contribution in [3.8, 4) is 90.6 Å². The number of rotatable bonds is 21. The van der Waals surface area contributed by atoms with E-state index in [2.05, 4.69) is 150 Å². The Morgan fingerprint density at radius 2 is 0.724 bits per heavy atom. The molecule has 17 rings (SSSR count). The Hall–Kier alpha value is -14.0. The van der Waals surface area contributed by atoms with Gasteiger partial charge in [0.25, 0.3) is 0 Å². The van der Waals surface area contributed by atoms with Crippen molar-refractivity contribution in [3.63, 3.8) is 0 Å². The van der Waals surface area contributed by atoms with Crippen LogP contribution in [0.5, 0.6) is 0 Å². The first-order valence-corrected chi connectivity index (χ1v) is 40.8. The Kier molecular flexibility index (Phi) is 25.9. The zero-order chi connectivity index (χ0) is 86.8. The summed E-state index contributed by atoms with van der Waals surface area (Å²) in [5.41, 5.74) is 21.6. The molecule has 0 aliphatic carbocycles. The number of nitrogens with zero attached hydrogens (tertiary/aromatic N) is 17. The van der Waals surface area contributed by atoms with Gasteiger partial charge < -0.3 is 31.5 Å². The van der Waals surface area contributed by atoms with E-state index in [4.69, 9.17) is 39.9 Å². The van der Waals surface area contributed by atoms with Gasteiger partial charge in [0.1, 0.15) is 45.9 Å². The maximum atomic E-state index is 13.6. The molecule has 5 N–H and O–H groups in total. The molecule has 0 unspecified atom stereocenters. The second-order valence-electron chi connectivity index (χ2n) is 33.4. The average Bonchev–Trinajstić information content (AvgIpc) is 1.66. The molecule has 0 saturated heterocycles. The highest BCUT2D eigenvalue weighted by atomic mass is 19.1. The summed E-state index contributed by atoms with van der Waals surface area (Å²) in [7, 11) is 4.07. The maximum absolute atomic E-state index is 13.6. The van der Waals surface area contributed by atoms with Gasteiger partial charge in [0.15, 0.2) is 0 Å². The molecule has 0 bridgehead atoms. The quantitative estimate of drug-likeness (QED) is 0.0421. The zero-order valence-corrected chi connectivity index (χ0v) is 71.6. The lowest BCUT2D eigenvalue weighted by Gasteiger charge is -2.20. The van der Waals surface area contributed by atoms with Gasteiger partial charge in [-0.1, -0.05) is 65.0 Å². The minimum atomic E-state index is -0.279. The van der Waals surface area contributed by atoms with Gasteiger partial charge in [0.2, 0.25) is 23.8 Å². The van der Waals surface area contributed by atoms with Crippen LogP contribution in [0.25, 0.3) is 113 Å². The Bertz CT molecular complexity index is 6490. The van der Waals surface area contributed by atoms with Crippen LogP contribution in [-0.2, 0) is 13.1 Å². The molecule has 0 amide bonds. The molecular weight excluding hydrogens is 1550 g/mol. The Morgan fingerprint density at radius 1 is 0.374 bits per heavy atom. The fourth-order valence-corrected chi connectivity index (χ4v) is 13.8. The predicted molar refractivity (Wildman–Crippen MR) is 484 cm³/mol. The lowest BCUT2D eigenvalue weighted by molar-refractivity contribution is 0.402. The molecule has 0 saturated carbocycles. The molecule has 22 nitrogen and oxygen atoms in total. The third kappa shape index (κ3) is 21.4. The van der Waals surface area contributed by atoms with Gasteiger partial charge in [-0.05, 0) is 273 Å². The fourth-order valence-electron chi connectivity index (χ4n) is 13.8. The smallest absolute Gasteiger partial charge is 0.223 e. The molecule has 0 aliphatic rings. The van der Waals surface area contributed by atoms with Crippen molar-refractivity contribution in [1.82, 2.24) is 87.6 Å². The molecule has 17 aromatic rings. The first-order valence-electron chi connectivity index (χ1n) is 40.8. The van der Waals surface area contributed by atoms with Gasteiger partial charge in [0, 0.05) is 109 Å². The van der Waals surface area contributed by atoms with Gasteiger partial charge in [-0.2, -0.15) is 0 Å². The van der Waals surface area contributed by atoms with Crippen molar-refractivity contribution in [2.45, 2.75) is 127 Å². The number of aromatic nitrogens is 16. The molecule has 626 valence electrons. The van der Waals surface area contributed by atoms with Crippen molar-refractivity contribution >= 4 is 46.4 Å². The molecule has 0 fully saturated rings. The van der Waals surface area contributed by atoms with Crippen LogP contribution in [0.1, 0.15) is 110 Å². The number of benzene rings is 5. The van der Waals surface area contributed by atoms with Crippen molar-refractivity contribution in [2.24, 2.45) is 5.41 Å². The van der Waals surface area contributed by atoms with Crippen LogP contribution in [0, 0.1) is 42.5 Å². The molecule has 26 heteroatoms. The number of pyridine rings is 4. The van der Waals surface area contributed by atoms with Crippen molar-refractivity contribution in [1.29, 1.82) is 0 Å². The molecule has 0 aliphatic heterocycles. The van der Waals surface area contributed by atoms with E-state index in [0.29, 0.717) is 29.8 Å². The molecule has 1 atom stereocenters. The lowest BCUT2D eigenvalue weighted by atomic mass is 9.97. The van der Waals surface area contributed by atoms with Gasteiger partial charge in [-0.25, -0.2) is 77.4 Å². The normalized spacial score (nSPS) is 11.9. The Balaban J connectivity index is 0.000000134. The third-order valence-electron chi connectivity index (χ3n) is 19.5. The van der Waals surface area contributed by atoms with Gasteiger partial charge in [-0.3, -0.25) is 17.6 Å². The van der Waals surface area contributed by atoms with Crippen molar-refractivity contribution in [2.75, 3.05) is 41.9 Å². The van der Waals surface area contributed by atoms with E-state index in [1.54, 1.807) is 73.3 Å². The Morgan fingerprint density at radius 3 is 1.11 bits per heavy atom. The third-order valence-corrected chi connectivity index (χ3v) is 19.5. The van der Waals surface area contributed by atoms with Crippen LogP contribution >= 0.6 is 0 Å². The lowest BCUT2D eigenvalue weighted by Crippen LogP contribution is -2.27. The standard InChI is InChI=1S/C26H22FN5.C25H29FN6.C23H25FN6.C23H24FN5/c1-17-13-15-32-23(16-17)31-24(20-8-10-21(27)11-9-20)25(32)22-12-14-28-26(30-22)29-18(2)19-6-4-3-5-7-19;1-16(2)28-15-17-11-13-32-21(14-17)30-22(18-6-8-19(26)9-7-18)23(32)20-10-12-27-24(29-20)31-25(3,4)5;1-15(2)26-23-25-11-9-19(27-23)22-21(17-5-7-18(24)8-6-17)28-20-13-16(14-29(3)4)10-12-30(20)22;1-15-10-12-29-19(13-15)28-20(16-5-7-17(24)8-6-16)21(29)18-9-11-25-22(27-18)26-14-23(2,3)4/h3-16,18H,1-2H3,(H,28,29,30);6-14,16,28H,15H2,1-5H3,(H,27,29,31);5-13,15H,14H2,1-4H3,(H,25,26,27);5-13H,14H2,1-4H3,(H,25,26,27)/t18-;;;/m0.../s1. The van der Waals surface area contributed by atoms with Crippen LogP contribution in [0.2, 0.25) is 0 Å². The predicted octanol–water partition coefficient (Wildman–Crippen LogP) is 21.2. The molecule has 0 radical (unpaired) electrons. The van der Waals surface area contributed by atoms with E-state index in [-0.39, 0.29) is 46.3 Å². The Labute approximate surface area is 713 Å². The summed E-state index contributed by atoms with van der Waals surface area (Å²) in [6.07, 6.45) is 15.0. The monoisotopic (exact) mass is 1650 g/mol. The summed E-state index contributed by atoms with van der Waals surface area (Å²) in [5.74, 6) is 1.11. The molecule has 12 heterocycles. The molecule has 12 aromatic heterocycles. The number of fused-ring (bicyclic) bond motifs is 4. The maximum Gasteiger partial charge on any atom is 0.223 e. The second kappa shape index (κ2) is 37.3. The average molecular weight is 1650 g/mol. The fraction of sp³-hybridized carbons (Fsp3) is 0.237. The molecule has 123 heavy (non-hydrogen) atoms. The van der Waals surface area contributed by atoms with Crippen LogP contribution in [0.15, 0.2) is 250 Å². The van der Waals surface area contributed by atoms with E-state index in [9.17, 15) is 17.6 Å². The minimum Gasteiger partial charge on any atom is -0.354 e. The summed E-state index contributed by atoms with van der Waals surface area (Å²) in [6, 6.07) is 60.3. The number of hydrogen-bond donors (Lipinski definition) is 5.